The summed E-state index contributed by atoms with van der Waals surface area (Å²) in [5.41, 5.74) is 3.11. The zero-order valence-electron chi connectivity index (χ0n) is 24.0. The molecule has 0 spiro atoms. The first-order valence-corrected chi connectivity index (χ1v) is 14.5. The SMILES string of the molecule is CC/C(C)=C/C(C#CC1CCCC1)Nc1sc(NC(=O)c2cnc(C)cc2-c2cc(C(F)F)ncc2OC)nc1C. The third-order valence-electron chi connectivity index (χ3n) is 7.02. The molecule has 1 atom stereocenters. The van der Waals surface area contributed by atoms with Gasteiger partial charge in [0.05, 0.1) is 24.6 Å². The van der Waals surface area contributed by atoms with Crippen LogP contribution in [0.25, 0.3) is 11.1 Å². The smallest absolute Gasteiger partial charge is 0.280 e. The number of amides is 1. The number of nitrogens with zero attached hydrogens (tertiary/aromatic N) is 3. The molecule has 2 N–H and O–H groups in total. The van der Waals surface area contributed by atoms with Crippen LogP contribution in [0.4, 0.5) is 18.9 Å². The van der Waals surface area contributed by atoms with E-state index in [9.17, 15) is 13.6 Å². The number of hydrogen-bond donors (Lipinski definition) is 2. The summed E-state index contributed by atoms with van der Waals surface area (Å²) in [5, 5.41) is 7.56. The Hall–Kier alpha value is -3.84. The van der Waals surface area contributed by atoms with Crippen LogP contribution in [0.3, 0.4) is 0 Å². The van der Waals surface area contributed by atoms with Gasteiger partial charge in [-0.3, -0.25) is 20.1 Å². The molecule has 41 heavy (non-hydrogen) atoms. The number of methoxy groups -OCH3 is 1. The molecule has 0 aromatic carbocycles. The van der Waals surface area contributed by atoms with Crippen molar-refractivity contribution < 1.29 is 18.3 Å². The Kier molecular flexibility index (Phi) is 10.1. The molecule has 3 heterocycles. The second-order valence-electron chi connectivity index (χ2n) is 10.1. The lowest BCUT2D eigenvalue weighted by molar-refractivity contribution is 0.102. The molecular formula is C31H35F2N5O2S. The van der Waals surface area contributed by atoms with E-state index in [4.69, 9.17) is 4.74 Å². The van der Waals surface area contributed by atoms with Gasteiger partial charge in [0.1, 0.15) is 22.5 Å². The van der Waals surface area contributed by atoms with Crippen LogP contribution < -0.4 is 15.4 Å². The summed E-state index contributed by atoms with van der Waals surface area (Å²) in [6.07, 6.45) is 7.72. The van der Waals surface area contributed by atoms with Gasteiger partial charge in [0, 0.05) is 28.9 Å². The molecule has 4 rings (SSSR count). The molecule has 3 aromatic rings. The Balaban J connectivity index is 1.60. The number of ether oxygens (including phenoxy) is 1. The van der Waals surface area contributed by atoms with Crippen LogP contribution in [-0.2, 0) is 0 Å². The summed E-state index contributed by atoms with van der Waals surface area (Å²) < 4.78 is 32.3. The topological polar surface area (TPSA) is 89.0 Å². The lowest BCUT2D eigenvalue weighted by Crippen LogP contribution is -2.15. The van der Waals surface area contributed by atoms with E-state index in [0.717, 1.165) is 30.0 Å². The highest BCUT2D eigenvalue weighted by Gasteiger charge is 2.22. The van der Waals surface area contributed by atoms with Crippen LogP contribution in [0.2, 0.25) is 0 Å². The standard InChI is InChI=1S/C31H35F2N5O2S/c1-6-18(2)13-22(12-11-21-9-7-8-10-21)37-30-20(4)36-31(41-30)38-29(39)25-16-34-19(3)14-23(25)24-15-26(28(32)33)35-17-27(24)40-5/h13-17,21-22,28,37H,6-10H2,1-5H3,(H,36,38,39)/b18-13+. The van der Waals surface area contributed by atoms with Gasteiger partial charge in [-0.1, -0.05) is 54.6 Å². The van der Waals surface area contributed by atoms with Crippen molar-refractivity contribution in [3.63, 3.8) is 0 Å². The maximum absolute atomic E-state index is 13.5. The van der Waals surface area contributed by atoms with E-state index in [-0.39, 0.29) is 17.4 Å². The Morgan fingerprint density at radius 1 is 1.20 bits per heavy atom. The number of aryl methyl sites for hydroxylation is 2. The number of halogens is 2. The molecule has 0 saturated heterocycles. The molecule has 0 radical (unpaired) electrons. The molecule has 1 amide bonds. The number of thiazole rings is 1. The molecule has 0 aliphatic heterocycles. The zero-order chi connectivity index (χ0) is 29.5. The van der Waals surface area contributed by atoms with Crippen molar-refractivity contribution in [3.8, 4) is 28.7 Å². The van der Waals surface area contributed by atoms with Gasteiger partial charge in [-0.2, -0.15) is 0 Å². The lowest BCUT2D eigenvalue weighted by atomic mass is 9.99. The predicted octanol–water partition coefficient (Wildman–Crippen LogP) is 7.75. The number of nitrogens with one attached hydrogen (secondary N) is 2. The van der Waals surface area contributed by atoms with Crippen molar-refractivity contribution in [2.24, 2.45) is 5.92 Å². The van der Waals surface area contributed by atoms with Crippen molar-refractivity contribution in [2.75, 3.05) is 17.7 Å². The molecule has 1 unspecified atom stereocenters. The highest BCUT2D eigenvalue weighted by Crippen LogP contribution is 2.36. The average molecular weight is 580 g/mol. The Labute approximate surface area is 243 Å². The van der Waals surface area contributed by atoms with Gasteiger partial charge in [-0.05, 0) is 52.2 Å². The minimum atomic E-state index is -2.77. The normalized spacial score (nSPS) is 14.5. The fraction of sp³-hybridized carbons (Fsp3) is 0.419. The van der Waals surface area contributed by atoms with Crippen molar-refractivity contribution >= 4 is 27.4 Å². The van der Waals surface area contributed by atoms with Gasteiger partial charge in [0.2, 0.25) is 0 Å². The number of rotatable bonds is 9. The first kappa shape index (κ1) is 30.1. The van der Waals surface area contributed by atoms with Crippen LogP contribution in [0, 0.1) is 31.6 Å². The highest BCUT2D eigenvalue weighted by molar-refractivity contribution is 7.19. The first-order valence-electron chi connectivity index (χ1n) is 13.7. The van der Waals surface area contributed by atoms with E-state index in [1.54, 1.807) is 13.0 Å². The van der Waals surface area contributed by atoms with Crippen LogP contribution in [0.5, 0.6) is 5.75 Å². The maximum Gasteiger partial charge on any atom is 0.280 e. The maximum atomic E-state index is 13.5. The highest BCUT2D eigenvalue weighted by atomic mass is 32.1. The van der Waals surface area contributed by atoms with Crippen LogP contribution in [0.15, 0.2) is 36.2 Å². The third-order valence-corrected chi connectivity index (χ3v) is 8.02. The molecule has 0 bridgehead atoms. The molecule has 1 saturated carbocycles. The summed E-state index contributed by atoms with van der Waals surface area (Å²) >= 11 is 1.32. The zero-order valence-corrected chi connectivity index (χ0v) is 24.8. The summed E-state index contributed by atoms with van der Waals surface area (Å²) in [6, 6.07) is 2.73. The molecule has 7 nitrogen and oxygen atoms in total. The predicted molar refractivity (Wildman–Crippen MR) is 160 cm³/mol. The van der Waals surface area contributed by atoms with E-state index in [1.165, 1.54) is 55.3 Å². The van der Waals surface area contributed by atoms with E-state index >= 15 is 0 Å². The van der Waals surface area contributed by atoms with Crippen molar-refractivity contribution in [1.29, 1.82) is 0 Å². The van der Waals surface area contributed by atoms with E-state index in [0.29, 0.717) is 27.9 Å². The molecule has 216 valence electrons. The van der Waals surface area contributed by atoms with E-state index in [1.807, 2.05) is 6.92 Å². The quantitative estimate of drug-likeness (QED) is 0.199. The Morgan fingerprint density at radius 2 is 1.95 bits per heavy atom. The van der Waals surface area contributed by atoms with Crippen LogP contribution in [-0.4, -0.2) is 34.0 Å². The summed E-state index contributed by atoms with van der Waals surface area (Å²) in [7, 11) is 1.42. The van der Waals surface area contributed by atoms with Crippen molar-refractivity contribution in [3.05, 3.63) is 58.8 Å². The number of allylic oxidation sites excluding steroid dienone is 1. The van der Waals surface area contributed by atoms with Gasteiger partial charge >= 0.3 is 0 Å². The van der Waals surface area contributed by atoms with Gasteiger partial charge in [0.15, 0.2) is 5.13 Å². The fourth-order valence-corrected chi connectivity index (χ4v) is 5.50. The molecular weight excluding hydrogens is 544 g/mol. The average Bonchev–Trinajstić information content (AvgIpc) is 3.60. The summed E-state index contributed by atoms with van der Waals surface area (Å²) in [6.45, 7) is 7.84. The molecule has 3 aromatic heterocycles. The number of carbonyl (C=O) groups is 1. The van der Waals surface area contributed by atoms with E-state index < -0.39 is 18.0 Å². The third kappa shape index (κ3) is 7.67. The molecule has 1 aliphatic carbocycles. The fourth-order valence-electron chi connectivity index (χ4n) is 4.60. The van der Waals surface area contributed by atoms with Gasteiger partial charge in [-0.25, -0.2) is 13.8 Å². The summed E-state index contributed by atoms with van der Waals surface area (Å²) in [5.74, 6) is 7.10. The number of carbonyl (C=O) groups excluding carboxylic acids is 1. The molecule has 10 heteroatoms. The van der Waals surface area contributed by atoms with Crippen molar-refractivity contribution in [2.45, 2.75) is 72.3 Å². The number of hydrogen-bond acceptors (Lipinski definition) is 7. The first-order chi connectivity index (χ1) is 19.7. The van der Waals surface area contributed by atoms with E-state index in [2.05, 4.69) is 57.3 Å². The van der Waals surface area contributed by atoms with Gasteiger partial charge in [-0.15, -0.1) is 0 Å². The van der Waals surface area contributed by atoms with Crippen molar-refractivity contribution in [1.82, 2.24) is 15.0 Å². The minimum Gasteiger partial charge on any atom is -0.494 e. The Bertz CT molecular complexity index is 1490. The minimum absolute atomic E-state index is 0.172. The number of alkyl halides is 2. The molecule has 1 fully saturated rings. The number of anilines is 2. The largest absolute Gasteiger partial charge is 0.494 e. The monoisotopic (exact) mass is 579 g/mol. The van der Waals surface area contributed by atoms with Crippen LogP contribution >= 0.6 is 11.3 Å². The second-order valence-corrected chi connectivity index (χ2v) is 11.1. The summed E-state index contributed by atoms with van der Waals surface area (Å²) in [4.78, 5) is 26.1. The number of pyridine rings is 2. The lowest BCUT2D eigenvalue weighted by Gasteiger charge is -2.14. The van der Waals surface area contributed by atoms with Crippen LogP contribution in [0.1, 0.15) is 79.8 Å². The number of aromatic nitrogens is 3. The van der Waals surface area contributed by atoms with Gasteiger partial charge < -0.3 is 10.1 Å². The molecule has 1 aliphatic rings. The Morgan fingerprint density at radius 3 is 2.63 bits per heavy atom. The van der Waals surface area contributed by atoms with Gasteiger partial charge in [0.25, 0.3) is 12.3 Å². The second kappa shape index (κ2) is 13.7.